The van der Waals surface area contributed by atoms with Crippen LogP contribution in [0.4, 0.5) is 18.9 Å². The zero-order valence-corrected chi connectivity index (χ0v) is 13.7. The van der Waals surface area contributed by atoms with Gasteiger partial charge in [0.1, 0.15) is 11.1 Å². The van der Waals surface area contributed by atoms with Crippen LogP contribution in [0.2, 0.25) is 5.02 Å². The molecule has 0 amide bonds. The summed E-state index contributed by atoms with van der Waals surface area (Å²) in [6.07, 6.45) is -2.84. The van der Waals surface area contributed by atoms with E-state index in [1.165, 1.54) is 18.9 Å². The van der Waals surface area contributed by atoms with E-state index in [9.17, 15) is 22.8 Å². The number of carbonyl (C=O) groups is 1. The molecular formula is C14H12ClF3N4O3. The third-order valence-corrected chi connectivity index (χ3v) is 3.87. The molecule has 0 spiro atoms. The lowest BCUT2D eigenvalue weighted by Gasteiger charge is -2.24. The zero-order valence-electron chi connectivity index (χ0n) is 13.0. The van der Waals surface area contributed by atoms with Gasteiger partial charge in [0.25, 0.3) is 5.56 Å². The molecule has 2 aromatic rings. The number of carboxylic acids is 1. The molecule has 0 bridgehead atoms. The van der Waals surface area contributed by atoms with Gasteiger partial charge in [-0.3, -0.25) is 4.79 Å². The van der Waals surface area contributed by atoms with Gasteiger partial charge in [-0.1, -0.05) is 11.6 Å². The Labute approximate surface area is 144 Å². The highest BCUT2D eigenvalue weighted by Gasteiger charge is 2.31. The molecule has 25 heavy (non-hydrogen) atoms. The summed E-state index contributed by atoms with van der Waals surface area (Å²) in [6, 6.07) is 0.770. The van der Waals surface area contributed by atoms with Gasteiger partial charge in [0.05, 0.1) is 17.4 Å². The topological polar surface area (TPSA) is 88.3 Å². The molecule has 0 aromatic carbocycles. The van der Waals surface area contributed by atoms with E-state index < -0.39 is 29.3 Å². The molecule has 7 nitrogen and oxygen atoms in total. The number of alkyl halides is 3. The van der Waals surface area contributed by atoms with E-state index in [4.69, 9.17) is 16.7 Å². The normalized spacial score (nSPS) is 12.7. The summed E-state index contributed by atoms with van der Waals surface area (Å²) >= 11 is 5.98. The molecule has 2 rings (SSSR count). The third-order valence-electron chi connectivity index (χ3n) is 3.51. The summed E-state index contributed by atoms with van der Waals surface area (Å²) in [5.74, 6) is -1.28. The van der Waals surface area contributed by atoms with Crippen LogP contribution in [-0.4, -0.2) is 38.9 Å². The summed E-state index contributed by atoms with van der Waals surface area (Å²) < 4.78 is 38.4. The first-order chi connectivity index (χ1) is 11.5. The van der Waals surface area contributed by atoms with Crippen molar-refractivity contribution in [2.75, 3.05) is 11.9 Å². The maximum absolute atomic E-state index is 12.5. The first kappa shape index (κ1) is 18.7. The lowest BCUT2D eigenvalue weighted by Crippen LogP contribution is -2.37. The number of aromatic nitrogens is 3. The molecule has 1 unspecified atom stereocenters. The van der Waals surface area contributed by atoms with Crippen LogP contribution >= 0.6 is 11.6 Å². The quantitative estimate of drug-likeness (QED) is 0.880. The van der Waals surface area contributed by atoms with E-state index in [2.05, 4.69) is 10.1 Å². The second kappa shape index (κ2) is 6.71. The number of likely N-dealkylation sites (N-methyl/N-ethyl adjacent to an activating group) is 1. The van der Waals surface area contributed by atoms with Crippen molar-refractivity contribution >= 4 is 23.3 Å². The van der Waals surface area contributed by atoms with Gasteiger partial charge in [-0.25, -0.2) is 9.78 Å². The Morgan fingerprint density at radius 2 is 2.00 bits per heavy atom. The first-order valence-electron chi connectivity index (χ1n) is 6.81. The Bertz CT molecular complexity index is 852. The van der Waals surface area contributed by atoms with Crippen molar-refractivity contribution in [1.82, 2.24) is 14.8 Å². The Balaban J connectivity index is 2.44. The minimum absolute atomic E-state index is 0.0738. The maximum Gasteiger partial charge on any atom is 0.417 e. The molecule has 0 radical (unpaired) electrons. The van der Waals surface area contributed by atoms with E-state index in [1.54, 1.807) is 0 Å². The third kappa shape index (κ3) is 3.73. The van der Waals surface area contributed by atoms with E-state index in [0.29, 0.717) is 6.20 Å². The summed E-state index contributed by atoms with van der Waals surface area (Å²) in [6.45, 7) is 1.39. The number of rotatable bonds is 4. The average Bonchev–Trinajstić information content (AvgIpc) is 2.55. The standard InChI is InChI=1S/C14H12ClF3N4O3/c1-7(13(24)25)21(2)9-6-20-22(12(23)11(9)15)10-4-3-8(5-19-10)14(16,17)18/h3-7H,1-2H3,(H,24,25). The Morgan fingerprint density at radius 1 is 1.36 bits per heavy atom. The monoisotopic (exact) mass is 376 g/mol. The van der Waals surface area contributed by atoms with Crippen LogP contribution in [0.3, 0.4) is 0 Å². The Morgan fingerprint density at radius 3 is 2.48 bits per heavy atom. The lowest BCUT2D eigenvalue weighted by molar-refractivity contribution is -0.138. The second-order valence-electron chi connectivity index (χ2n) is 5.09. The molecule has 1 atom stereocenters. The smallest absolute Gasteiger partial charge is 0.417 e. The van der Waals surface area contributed by atoms with Crippen LogP contribution in [0.15, 0.2) is 29.3 Å². The van der Waals surface area contributed by atoms with Crippen LogP contribution in [0.5, 0.6) is 0 Å². The van der Waals surface area contributed by atoms with Gasteiger partial charge in [0, 0.05) is 13.2 Å². The van der Waals surface area contributed by atoms with Crippen molar-refractivity contribution in [3.63, 3.8) is 0 Å². The van der Waals surface area contributed by atoms with Crippen LogP contribution in [-0.2, 0) is 11.0 Å². The van der Waals surface area contributed by atoms with Gasteiger partial charge in [-0.15, -0.1) is 0 Å². The van der Waals surface area contributed by atoms with Crippen molar-refractivity contribution in [2.24, 2.45) is 0 Å². The molecule has 2 aromatic heterocycles. The molecule has 11 heteroatoms. The molecule has 0 aliphatic heterocycles. The highest BCUT2D eigenvalue weighted by Crippen LogP contribution is 2.28. The molecule has 2 heterocycles. The van der Waals surface area contributed by atoms with Gasteiger partial charge < -0.3 is 10.0 Å². The first-order valence-corrected chi connectivity index (χ1v) is 7.19. The largest absolute Gasteiger partial charge is 0.480 e. The van der Waals surface area contributed by atoms with Gasteiger partial charge in [-0.2, -0.15) is 23.0 Å². The molecular weight excluding hydrogens is 365 g/mol. The fourth-order valence-electron chi connectivity index (χ4n) is 1.89. The minimum Gasteiger partial charge on any atom is -0.480 e. The lowest BCUT2D eigenvalue weighted by atomic mass is 10.2. The van der Waals surface area contributed by atoms with Crippen molar-refractivity contribution in [1.29, 1.82) is 0 Å². The number of aliphatic carboxylic acids is 1. The van der Waals surface area contributed by atoms with E-state index in [0.717, 1.165) is 23.0 Å². The summed E-state index contributed by atoms with van der Waals surface area (Å²) in [7, 11) is 1.42. The van der Waals surface area contributed by atoms with Crippen LogP contribution in [0.25, 0.3) is 5.82 Å². The number of carboxylic acid groups (broad SMARTS) is 1. The second-order valence-corrected chi connectivity index (χ2v) is 5.47. The minimum atomic E-state index is -4.55. The number of anilines is 1. The molecule has 134 valence electrons. The fraction of sp³-hybridized carbons (Fsp3) is 0.286. The number of hydrogen-bond acceptors (Lipinski definition) is 5. The van der Waals surface area contributed by atoms with E-state index in [1.807, 2.05) is 0 Å². The van der Waals surface area contributed by atoms with E-state index in [-0.39, 0.29) is 16.5 Å². The molecule has 0 aliphatic rings. The Hall–Kier alpha value is -2.62. The molecule has 1 N–H and O–H groups in total. The SMILES string of the molecule is CC(C(=O)O)N(C)c1cnn(-c2ccc(C(F)(F)F)cn2)c(=O)c1Cl. The van der Waals surface area contributed by atoms with Crippen molar-refractivity contribution in [3.8, 4) is 5.82 Å². The molecule has 0 saturated carbocycles. The molecule has 0 saturated heterocycles. The predicted octanol–water partition coefficient (Wildman–Crippen LogP) is 2.21. The molecule has 0 fully saturated rings. The van der Waals surface area contributed by atoms with Crippen molar-refractivity contribution < 1.29 is 23.1 Å². The van der Waals surface area contributed by atoms with Gasteiger partial charge >= 0.3 is 12.1 Å². The number of pyridine rings is 1. The summed E-state index contributed by atoms with van der Waals surface area (Å²) in [4.78, 5) is 28.1. The van der Waals surface area contributed by atoms with Gasteiger partial charge in [-0.05, 0) is 19.1 Å². The zero-order chi connectivity index (χ0) is 18.9. The summed E-state index contributed by atoms with van der Waals surface area (Å²) in [5.41, 5.74) is -1.73. The number of hydrogen-bond donors (Lipinski definition) is 1. The van der Waals surface area contributed by atoms with Crippen LogP contribution in [0.1, 0.15) is 12.5 Å². The van der Waals surface area contributed by atoms with Crippen LogP contribution in [0, 0.1) is 0 Å². The number of nitrogens with zero attached hydrogens (tertiary/aromatic N) is 4. The Kier molecular flexibility index (Phi) is 5.02. The van der Waals surface area contributed by atoms with E-state index >= 15 is 0 Å². The van der Waals surface area contributed by atoms with Gasteiger partial charge in [0.2, 0.25) is 0 Å². The van der Waals surface area contributed by atoms with Crippen molar-refractivity contribution in [2.45, 2.75) is 19.1 Å². The fourth-order valence-corrected chi connectivity index (χ4v) is 2.15. The highest BCUT2D eigenvalue weighted by atomic mass is 35.5. The van der Waals surface area contributed by atoms with Gasteiger partial charge in [0.15, 0.2) is 5.82 Å². The van der Waals surface area contributed by atoms with Crippen molar-refractivity contribution in [3.05, 3.63) is 45.5 Å². The maximum atomic E-state index is 12.5. The molecule has 0 aliphatic carbocycles. The summed E-state index contributed by atoms with van der Waals surface area (Å²) in [5, 5.41) is 12.5. The van der Waals surface area contributed by atoms with Crippen LogP contribution < -0.4 is 10.5 Å². The average molecular weight is 377 g/mol. The highest BCUT2D eigenvalue weighted by molar-refractivity contribution is 6.33. The predicted molar refractivity (Wildman–Crippen MR) is 83.1 cm³/mol. The number of halogens is 4.